The number of benzene rings is 1. The maximum Gasteiger partial charge on any atom is 0.433 e. The highest BCUT2D eigenvalue weighted by molar-refractivity contribution is 7.89. The minimum atomic E-state index is -4.56. The molecule has 1 aliphatic rings. The number of hydrogen-bond donors (Lipinski definition) is 1. The van der Waals surface area contributed by atoms with Gasteiger partial charge in [0.1, 0.15) is 11.5 Å². The summed E-state index contributed by atoms with van der Waals surface area (Å²) in [5, 5.41) is 9.00. The van der Waals surface area contributed by atoms with E-state index >= 15 is 0 Å². The number of carbonyl (C=O) groups is 1. The molecule has 1 fully saturated rings. The molecule has 0 bridgehead atoms. The van der Waals surface area contributed by atoms with Crippen molar-refractivity contribution in [2.45, 2.75) is 24.4 Å². The van der Waals surface area contributed by atoms with Crippen LogP contribution in [0.3, 0.4) is 0 Å². The molecule has 1 N–H and O–H groups in total. The minimum Gasteiger partial charge on any atom is -0.481 e. The summed E-state index contributed by atoms with van der Waals surface area (Å²) in [7, 11) is -3.86. The number of hydrogen-bond acceptors (Lipinski definition) is 5. The van der Waals surface area contributed by atoms with Crippen LogP contribution in [-0.4, -0.2) is 55.0 Å². The lowest BCUT2D eigenvalue weighted by Gasteiger charge is -2.35. The van der Waals surface area contributed by atoms with Gasteiger partial charge in [0, 0.05) is 26.2 Å². The summed E-state index contributed by atoms with van der Waals surface area (Å²) in [5.74, 6) is -0.921. The van der Waals surface area contributed by atoms with Crippen LogP contribution in [0.1, 0.15) is 16.8 Å². The van der Waals surface area contributed by atoms with Crippen LogP contribution in [0, 0.1) is 6.92 Å². The number of aryl methyl sites for hydroxylation is 1. The number of aliphatic carboxylic acids is 1. The summed E-state index contributed by atoms with van der Waals surface area (Å²) in [5.41, 5.74) is 0.0906. The van der Waals surface area contributed by atoms with Crippen molar-refractivity contribution in [1.82, 2.24) is 9.29 Å². The monoisotopic (exact) mass is 443 g/mol. The van der Waals surface area contributed by atoms with Crippen molar-refractivity contribution >= 4 is 21.8 Å². The molecule has 0 unspecified atom stereocenters. The SMILES string of the molecule is Cc1ccc(S(=O)(=O)N2CCN(c3cccc(C(F)(F)F)n3)CC2)cc1CC(=O)O. The number of aromatic nitrogens is 1. The van der Waals surface area contributed by atoms with Gasteiger partial charge in [-0.2, -0.15) is 17.5 Å². The van der Waals surface area contributed by atoms with Gasteiger partial charge in [-0.1, -0.05) is 12.1 Å². The molecule has 3 rings (SSSR count). The molecule has 0 spiro atoms. The Bertz CT molecular complexity index is 1050. The van der Waals surface area contributed by atoms with Gasteiger partial charge in [0.05, 0.1) is 11.3 Å². The predicted octanol–water partition coefficient (Wildman–Crippen LogP) is 2.55. The molecule has 162 valence electrons. The fourth-order valence-electron chi connectivity index (χ4n) is 3.23. The summed E-state index contributed by atoms with van der Waals surface area (Å²) in [4.78, 5) is 16.2. The second-order valence-electron chi connectivity index (χ2n) is 6.93. The topological polar surface area (TPSA) is 90.8 Å². The maximum atomic E-state index is 13.0. The zero-order valence-corrected chi connectivity index (χ0v) is 16.9. The van der Waals surface area contributed by atoms with Crippen molar-refractivity contribution < 1.29 is 31.5 Å². The third-order valence-corrected chi connectivity index (χ3v) is 6.78. The van der Waals surface area contributed by atoms with Crippen LogP contribution in [-0.2, 0) is 27.4 Å². The Morgan fingerprint density at radius 2 is 1.80 bits per heavy atom. The Balaban J connectivity index is 1.75. The summed E-state index contributed by atoms with van der Waals surface area (Å²) < 4.78 is 65.8. The average molecular weight is 443 g/mol. The highest BCUT2D eigenvalue weighted by Gasteiger charge is 2.34. The number of alkyl halides is 3. The molecular weight excluding hydrogens is 423 g/mol. The third-order valence-electron chi connectivity index (χ3n) is 4.89. The molecule has 30 heavy (non-hydrogen) atoms. The lowest BCUT2D eigenvalue weighted by molar-refractivity contribution is -0.141. The van der Waals surface area contributed by atoms with Crippen molar-refractivity contribution in [1.29, 1.82) is 0 Å². The number of nitrogens with zero attached hydrogens (tertiary/aromatic N) is 3. The fraction of sp³-hybridized carbons (Fsp3) is 0.368. The highest BCUT2D eigenvalue weighted by Crippen LogP contribution is 2.29. The Labute approximate surface area is 171 Å². The van der Waals surface area contributed by atoms with Gasteiger partial charge in [-0.25, -0.2) is 13.4 Å². The molecule has 1 aliphatic heterocycles. The van der Waals surface area contributed by atoms with Crippen LogP contribution in [0.5, 0.6) is 0 Å². The van der Waals surface area contributed by atoms with Crippen molar-refractivity contribution in [3.63, 3.8) is 0 Å². The van der Waals surface area contributed by atoms with Gasteiger partial charge in [-0.15, -0.1) is 0 Å². The summed E-state index contributed by atoms with van der Waals surface area (Å²) in [6.07, 6.45) is -4.84. The van der Waals surface area contributed by atoms with Gasteiger partial charge in [-0.05, 0) is 42.3 Å². The smallest absolute Gasteiger partial charge is 0.433 e. The first-order chi connectivity index (χ1) is 14.0. The number of halogens is 3. The molecule has 7 nitrogen and oxygen atoms in total. The molecule has 2 heterocycles. The normalized spacial score (nSPS) is 15.9. The second-order valence-corrected chi connectivity index (χ2v) is 8.87. The van der Waals surface area contributed by atoms with Crippen molar-refractivity contribution in [3.05, 3.63) is 53.2 Å². The molecule has 1 saturated heterocycles. The largest absolute Gasteiger partial charge is 0.481 e. The molecule has 0 aliphatic carbocycles. The molecule has 0 amide bonds. The van der Waals surface area contributed by atoms with Crippen LogP contribution < -0.4 is 4.90 Å². The zero-order valence-electron chi connectivity index (χ0n) is 16.1. The second kappa shape index (κ2) is 8.23. The summed E-state index contributed by atoms with van der Waals surface area (Å²) in [6.45, 7) is 2.21. The quantitative estimate of drug-likeness (QED) is 0.764. The van der Waals surface area contributed by atoms with E-state index in [-0.39, 0.29) is 43.3 Å². The van der Waals surface area contributed by atoms with Crippen molar-refractivity contribution in [3.8, 4) is 0 Å². The van der Waals surface area contributed by atoms with E-state index in [2.05, 4.69) is 4.98 Å². The molecule has 0 saturated carbocycles. The molecule has 1 aromatic heterocycles. The van der Waals surface area contributed by atoms with E-state index in [1.807, 2.05) is 0 Å². The molecular formula is C19H20F3N3O4S. The Morgan fingerprint density at radius 1 is 1.13 bits per heavy atom. The number of pyridine rings is 1. The first-order valence-electron chi connectivity index (χ1n) is 9.09. The third kappa shape index (κ3) is 4.73. The fourth-order valence-corrected chi connectivity index (χ4v) is 4.70. The van der Waals surface area contributed by atoms with E-state index < -0.39 is 27.9 Å². The number of sulfonamides is 1. The standard InChI is InChI=1S/C19H20F3N3O4S/c1-13-5-6-15(11-14(13)12-18(26)27)30(28,29)25-9-7-24(8-10-25)17-4-2-3-16(23-17)19(20,21)22/h2-6,11H,7-10,12H2,1H3,(H,26,27). The van der Waals surface area contributed by atoms with Crippen LogP contribution >= 0.6 is 0 Å². The van der Waals surface area contributed by atoms with Gasteiger partial charge < -0.3 is 10.0 Å². The molecule has 1 aromatic carbocycles. The van der Waals surface area contributed by atoms with Crippen molar-refractivity contribution in [2.75, 3.05) is 31.1 Å². The average Bonchev–Trinajstić information content (AvgIpc) is 2.69. The van der Waals surface area contributed by atoms with Crippen LogP contribution in [0.2, 0.25) is 0 Å². The maximum absolute atomic E-state index is 13.0. The van der Waals surface area contributed by atoms with E-state index in [1.165, 1.54) is 28.6 Å². The van der Waals surface area contributed by atoms with Crippen LogP contribution in [0.15, 0.2) is 41.3 Å². The van der Waals surface area contributed by atoms with E-state index in [0.29, 0.717) is 11.1 Å². The number of piperazine rings is 1. The summed E-state index contributed by atoms with van der Waals surface area (Å²) >= 11 is 0. The predicted molar refractivity (Wildman–Crippen MR) is 103 cm³/mol. The molecule has 0 radical (unpaired) electrons. The van der Waals surface area contributed by atoms with E-state index in [9.17, 15) is 26.4 Å². The Morgan fingerprint density at radius 3 is 2.40 bits per heavy atom. The lowest BCUT2D eigenvalue weighted by atomic mass is 10.1. The highest BCUT2D eigenvalue weighted by atomic mass is 32.2. The molecule has 2 aromatic rings. The Kier molecular flexibility index (Phi) is 6.04. The number of anilines is 1. The molecule has 11 heteroatoms. The van der Waals surface area contributed by atoms with Crippen molar-refractivity contribution in [2.24, 2.45) is 0 Å². The number of rotatable bonds is 5. The summed E-state index contributed by atoms with van der Waals surface area (Å²) in [6, 6.07) is 7.96. The van der Waals surface area contributed by atoms with E-state index in [1.54, 1.807) is 17.9 Å². The van der Waals surface area contributed by atoms with Gasteiger partial charge in [0.25, 0.3) is 0 Å². The number of carboxylic acids is 1. The first kappa shape index (κ1) is 22.0. The van der Waals surface area contributed by atoms with Crippen LogP contribution in [0.25, 0.3) is 0 Å². The van der Waals surface area contributed by atoms with Gasteiger partial charge in [0.2, 0.25) is 10.0 Å². The van der Waals surface area contributed by atoms with E-state index in [4.69, 9.17) is 5.11 Å². The first-order valence-corrected chi connectivity index (χ1v) is 10.5. The van der Waals surface area contributed by atoms with E-state index in [0.717, 1.165) is 6.07 Å². The van der Waals surface area contributed by atoms with Gasteiger partial charge >= 0.3 is 12.1 Å². The van der Waals surface area contributed by atoms with Gasteiger partial charge in [-0.3, -0.25) is 4.79 Å². The lowest BCUT2D eigenvalue weighted by Crippen LogP contribution is -2.49. The number of carboxylic acid groups (broad SMARTS) is 1. The zero-order chi connectivity index (χ0) is 22.1. The van der Waals surface area contributed by atoms with Gasteiger partial charge in [0.15, 0.2) is 0 Å². The minimum absolute atomic E-state index is 0.00464. The van der Waals surface area contributed by atoms with Crippen LogP contribution in [0.4, 0.5) is 19.0 Å². The Hall–Kier alpha value is -2.66. The molecule has 0 atom stereocenters.